The van der Waals surface area contributed by atoms with Gasteiger partial charge in [-0.3, -0.25) is 0 Å². The van der Waals surface area contributed by atoms with Crippen molar-refractivity contribution >= 4 is 11.3 Å². The second kappa shape index (κ2) is 7.01. The second-order valence-electron chi connectivity index (χ2n) is 5.57. The van der Waals surface area contributed by atoms with Crippen molar-refractivity contribution in [3.8, 4) is 10.4 Å². The van der Waals surface area contributed by atoms with Gasteiger partial charge in [-0.25, -0.2) is 4.39 Å². The molecule has 1 nitrogen and oxygen atoms in total. The molecule has 0 bridgehead atoms. The largest absolute Gasteiger partial charge is 0.312 e. The molecule has 0 fully saturated rings. The van der Waals surface area contributed by atoms with E-state index in [4.69, 9.17) is 0 Å². The Kier molecular flexibility index (Phi) is 4.84. The molecule has 1 N–H and O–H groups in total. The quantitative estimate of drug-likeness (QED) is 0.766. The summed E-state index contributed by atoms with van der Waals surface area (Å²) >= 11 is 1.58. The summed E-state index contributed by atoms with van der Waals surface area (Å²) in [6.07, 6.45) is 8.20. The van der Waals surface area contributed by atoms with Gasteiger partial charge in [0.05, 0.1) is 0 Å². The Bertz CT molecular complexity index is 604. The van der Waals surface area contributed by atoms with Crippen LogP contribution in [0.5, 0.6) is 0 Å². The maximum Gasteiger partial charge on any atom is 0.131 e. The predicted octanol–water partition coefficient (Wildman–Crippen LogP) is 5.00. The van der Waals surface area contributed by atoms with Crippen LogP contribution in [0.2, 0.25) is 0 Å². The van der Waals surface area contributed by atoms with Gasteiger partial charge in [0.2, 0.25) is 0 Å². The third-order valence-corrected chi connectivity index (χ3v) is 4.86. The third kappa shape index (κ3) is 3.80. The van der Waals surface area contributed by atoms with Crippen LogP contribution in [0.15, 0.2) is 47.9 Å². The molecule has 1 aromatic carbocycles. The summed E-state index contributed by atoms with van der Waals surface area (Å²) in [5.74, 6) is 0.603. The molecule has 0 saturated heterocycles. The van der Waals surface area contributed by atoms with Crippen LogP contribution < -0.4 is 5.32 Å². The number of hydrogen-bond acceptors (Lipinski definition) is 2. The lowest BCUT2D eigenvalue weighted by molar-refractivity contribution is 0.440. The van der Waals surface area contributed by atoms with E-state index >= 15 is 0 Å². The van der Waals surface area contributed by atoms with Gasteiger partial charge in [0.25, 0.3) is 0 Å². The molecular formula is C18H20FNS. The Morgan fingerprint density at radius 2 is 2.19 bits per heavy atom. The summed E-state index contributed by atoms with van der Waals surface area (Å²) in [4.78, 5) is 0.992. The van der Waals surface area contributed by atoms with Crippen molar-refractivity contribution in [2.24, 2.45) is 5.92 Å². The monoisotopic (exact) mass is 301 g/mol. The normalized spacial score (nSPS) is 18.0. The highest BCUT2D eigenvalue weighted by molar-refractivity contribution is 7.13. The van der Waals surface area contributed by atoms with E-state index < -0.39 is 0 Å². The standard InChI is InChI=1S/C18H20FNS/c19-17-9-8-15(11-16(17)18-7-4-10-21-18)13-20-12-14-5-2-1-3-6-14/h1-2,4,7-11,14,20H,3,5-6,12-13H2. The van der Waals surface area contributed by atoms with Crippen LogP contribution in [-0.2, 0) is 6.54 Å². The van der Waals surface area contributed by atoms with Gasteiger partial charge < -0.3 is 5.32 Å². The highest BCUT2D eigenvalue weighted by Gasteiger charge is 2.10. The number of halogens is 1. The number of allylic oxidation sites excluding steroid dienone is 2. The van der Waals surface area contributed by atoms with E-state index in [1.807, 2.05) is 29.6 Å². The molecule has 1 aliphatic rings. The van der Waals surface area contributed by atoms with Crippen molar-refractivity contribution in [2.45, 2.75) is 25.8 Å². The fourth-order valence-corrected chi connectivity index (χ4v) is 3.51. The van der Waals surface area contributed by atoms with Crippen molar-refractivity contribution in [1.29, 1.82) is 0 Å². The van der Waals surface area contributed by atoms with E-state index in [0.717, 1.165) is 29.4 Å². The van der Waals surface area contributed by atoms with Crippen LogP contribution in [0.1, 0.15) is 24.8 Å². The van der Waals surface area contributed by atoms with Crippen molar-refractivity contribution in [1.82, 2.24) is 5.32 Å². The average Bonchev–Trinajstić information content (AvgIpc) is 3.04. The summed E-state index contributed by atoms with van der Waals surface area (Å²) in [6.45, 7) is 1.84. The Hall–Kier alpha value is -1.45. The molecule has 0 amide bonds. The highest BCUT2D eigenvalue weighted by atomic mass is 32.1. The Balaban J connectivity index is 1.61. The molecule has 3 rings (SSSR count). The first kappa shape index (κ1) is 14.5. The molecule has 1 atom stereocenters. The van der Waals surface area contributed by atoms with E-state index in [1.54, 1.807) is 17.4 Å². The van der Waals surface area contributed by atoms with Crippen LogP contribution in [0, 0.1) is 11.7 Å². The fourth-order valence-electron chi connectivity index (χ4n) is 2.77. The van der Waals surface area contributed by atoms with Crippen LogP contribution in [0.25, 0.3) is 10.4 Å². The molecule has 110 valence electrons. The summed E-state index contributed by atoms with van der Waals surface area (Å²) in [6, 6.07) is 9.35. The Labute approximate surface area is 129 Å². The predicted molar refractivity (Wildman–Crippen MR) is 87.9 cm³/mol. The minimum atomic E-state index is -0.140. The lowest BCUT2D eigenvalue weighted by Crippen LogP contribution is -2.23. The lowest BCUT2D eigenvalue weighted by atomic mass is 9.94. The number of nitrogens with one attached hydrogen (secondary N) is 1. The van der Waals surface area contributed by atoms with Gasteiger partial charge in [-0.2, -0.15) is 0 Å². The van der Waals surface area contributed by atoms with Gasteiger partial charge >= 0.3 is 0 Å². The van der Waals surface area contributed by atoms with Crippen LogP contribution in [0.3, 0.4) is 0 Å². The van der Waals surface area contributed by atoms with E-state index in [1.165, 1.54) is 19.3 Å². The molecule has 0 spiro atoms. The average molecular weight is 301 g/mol. The molecule has 0 saturated carbocycles. The molecule has 21 heavy (non-hydrogen) atoms. The molecule has 1 unspecified atom stereocenters. The summed E-state index contributed by atoms with van der Waals surface area (Å²) in [7, 11) is 0. The fraction of sp³-hybridized carbons (Fsp3) is 0.333. The van der Waals surface area contributed by atoms with E-state index in [-0.39, 0.29) is 5.82 Å². The van der Waals surface area contributed by atoms with E-state index in [9.17, 15) is 4.39 Å². The zero-order valence-electron chi connectivity index (χ0n) is 12.0. The molecule has 3 heteroatoms. The van der Waals surface area contributed by atoms with Gasteiger partial charge in [-0.05, 0) is 60.9 Å². The SMILES string of the molecule is Fc1ccc(CNCC2CC=CCC2)cc1-c1cccs1. The van der Waals surface area contributed by atoms with Crippen LogP contribution in [-0.4, -0.2) is 6.54 Å². The van der Waals surface area contributed by atoms with Crippen LogP contribution >= 0.6 is 11.3 Å². The third-order valence-electron chi connectivity index (χ3n) is 3.96. The molecule has 2 aromatic rings. The second-order valence-corrected chi connectivity index (χ2v) is 6.52. The topological polar surface area (TPSA) is 12.0 Å². The summed E-state index contributed by atoms with van der Waals surface area (Å²) in [5.41, 5.74) is 1.86. The molecule has 1 heterocycles. The van der Waals surface area contributed by atoms with Gasteiger partial charge in [0, 0.05) is 17.0 Å². The first-order valence-electron chi connectivity index (χ1n) is 7.51. The molecular weight excluding hydrogens is 281 g/mol. The molecule has 0 radical (unpaired) electrons. The van der Waals surface area contributed by atoms with Gasteiger partial charge in [-0.15, -0.1) is 11.3 Å². The van der Waals surface area contributed by atoms with E-state index in [2.05, 4.69) is 17.5 Å². The number of thiophene rings is 1. The van der Waals surface area contributed by atoms with E-state index in [0.29, 0.717) is 5.56 Å². The van der Waals surface area contributed by atoms with Crippen molar-refractivity contribution in [2.75, 3.05) is 6.54 Å². The van der Waals surface area contributed by atoms with Gasteiger partial charge in [0.1, 0.15) is 5.82 Å². The maximum atomic E-state index is 13.9. The van der Waals surface area contributed by atoms with Crippen molar-refractivity contribution in [3.63, 3.8) is 0 Å². The number of hydrogen-bond donors (Lipinski definition) is 1. The minimum absolute atomic E-state index is 0.140. The highest BCUT2D eigenvalue weighted by Crippen LogP contribution is 2.28. The number of benzene rings is 1. The first-order chi connectivity index (χ1) is 10.3. The lowest BCUT2D eigenvalue weighted by Gasteiger charge is -2.18. The maximum absolute atomic E-state index is 13.9. The molecule has 1 aliphatic carbocycles. The Morgan fingerprint density at radius 1 is 1.24 bits per heavy atom. The zero-order chi connectivity index (χ0) is 14.5. The minimum Gasteiger partial charge on any atom is -0.312 e. The first-order valence-corrected chi connectivity index (χ1v) is 8.39. The van der Waals surface area contributed by atoms with Gasteiger partial charge in [0.15, 0.2) is 0 Å². The zero-order valence-corrected chi connectivity index (χ0v) is 12.8. The van der Waals surface area contributed by atoms with Crippen molar-refractivity contribution < 1.29 is 4.39 Å². The Morgan fingerprint density at radius 3 is 2.95 bits per heavy atom. The molecule has 0 aliphatic heterocycles. The summed E-state index contributed by atoms with van der Waals surface area (Å²) < 4.78 is 13.9. The van der Waals surface area contributed by atoms with Crippen molar-refractivity contribution in [3.05, 3.63) is 59.2 Å². The smallest absolute Gasteiger partial charge is 0.131 e. The van der Waals surface area contributed by atoms with Gasteiger partial charge in [-0.1, -0.05) is 24.3 Å². The summed E-state index contributed by atoms with van der Waals surface area (Å²) in [5, 5.41) is 5.49. The number of rotatable bonds is 5. The van der Waals surface area contributed by atoms with Crippen LogP contribution in [0.4, 0.5) is 4.39 Å². The molecule has 1 aromatic heterocycles.